The highest BCUT2D eigenvalue weighted by Gasteiger charge is 2.19. The Kier molecular flexibility index (Phi) is 7.25. The molecular formula is C19H23N5O4S. The number of aromatic nitrogens is 1. The SMILES string of the molecule is CCCCn1c(O)c(C#N)c(C)c(N=Nc2ccc(S(=O)(=O)NCC)cc2)c1=O. The largest absolute Gasteiger partial charge is 0.493 e. The number of benzene rings is 1. The minimum absolute atomic E-state index is 0.0262. The van der Waals surface area contributed by atoms with Crippen molar-refractivity contribution in [3.63, 3.8) is 0 Å². The second-order valence-electron chi connectivity index (χ2n) is 6.29. The lowest BCUT2D eigenvalue weighted by atomic mass is 10.1. The Morgan fingerprint density at radius 2 is 1.86 bits per heavy atom. The summed E-state index contributed by atoms with van der Waals surface area (Å²) in [5.41, 5.74) is -0.0344. The third kappa shape index (κ3) is 4.88. The summed E-state index contributed by atoms with van der Waals surface area (Å²) in [5, 5.41) is 27.6. The molecule has 29 heavy (non-hydrogen) atoms. The summed E-state index contributed by atoms with van der Waals surface area (Å²) < 4.78 is 27.5. The van der Waals surface area contributed by atoms with Crippen LogP contribution in [0.3, 0.4) is 0 Å². The molecule has 0 amide bonds. The van der Waals surface area contributed by atoms with E-state index in [9.17, 15) is 23.6 Å². The molecule has 9 nitrogen and oxygen atoms in total. The fourth-order valence-corrected chi connectivity index (χ4v) is 3.69. The highest BCUT2D eigenvalue weighted by Crippen LogP contribution is 2.27. The average molecular weight is 417 g/mol. The van der Waals surface area contributed by atoms with Gasteiger partial charge in [0.1, 0.15) is 11.6 Å². The molecule has 0 aliphatic rings. The summed E-state index contributed by atoms with van der Waals surface area (Å²) >= 11 is 0. The van der Waals surface area contributed by atoms with E-state index in [0.717, 1.165) is 11.0 Å². The van der Waals surface area contributed by atoms with E-state index in [4.69, 9.17) is 0 Å². The van der Waals surface area contributed by atoms with Crippen LogP contribution < -0.4 is 10.3 Å². The van der Waals surface area contributed by atoms with Gasteiger partial charge in [0.25, 0.3) is 5.56 Å². The molecule has 2 rings (SSSR count). The zero-order valence-electron chi connectivity index (χ0n) is 16.5. The molecule has 0 fully saturated rings. The van der Waals surface area contributed by atoms with Gasteiger partial charge in [0.05, 0.1) is 10.6 Å². The van der Waals surface area contributed by atoms with Gasteiger partial charge in [-0.1, -0.05) is 20.3 Å². The third-order valence-corrected chi connectivity index (χ3v) is 5.81. The molecule has 1 aromatic carbocycles. The van der Waals surface area contributed by atoms with Gasteiger partial charge in [0.15, 0.2) is 5.69 Å². The van der Waals surface area contributed by atoms with E-state index in [-0.39, 0.29) is 40.7 Å². The number of unbranched alkanes of at least 4 members (excludes halogenated alkanes) is 1. The fourth-order valence-electron chi connectivity index (χ4n) is 2.65. The van der Waals surface area contributed by atoms with Gasteiger partial charge < -0.3 is 5.11 Å². The van der Waals surface area contributed by atoms with Crippen LogP contribution in [0.15, 0.2) is 44.2 Å². The number of rotatable bonds is 8. The molecule has 0 atom stereocenters. The van der Waals surface area contributed by atoms with Gasteiger partial charge in [-0.2, -0.15) is 10.4 Å². The zero-order valence-corrected chi connectivity index (χ0v) is 17.3. The van der Waals surface area contributed by atoms with Crippen LogP contribution in [0.2, 0.25) is 0 Å². The maximum atomic E-state index is 12.7. The van der Waals surface area contributed by atoms with Crippen LogP contribution in [0, 0.1) is 18.3 Å². The minimum atomic E-state index is -3.58. The van der Waals surface area contributed by atoms with Crippen LogP contribution in [0.4, 0.5) is 11.4 Å². The Bertz CT molecular complexity index is 1110. The number of aromatic hydroxyl groups is 1. The number of hydrogen-bond donors (Lipinski definition) is 2. The topological polar surface area (TPSA) is 137 Å². The zero-order chi connectivity index (χ0) is 21.6. The molecule has 0 aliphatic carbocycles. The summed E-state index contributed by atoms with van der Waals surface area (Å²) in [5.74, 6) is -0.375. The van der Waals surface area contributed by atoms with Gasteiger partial charge in [-0.25, -0.2) is 13.1 Å². The molecule has 0 radical (unpaired) electrons. The van der Waals surface area contributed by atoms with Crippen molar-refractivity contribution in [1.29, 1.82) is 5.26 Å². The maximum absolute atomic E-state index is 12.7. The summed E-state index contributed by atoms with van der Waals surface area (Å²) in [6, 6.07) is 7.59. The first-order valence-corrected chi connectivity index (χ1v) is 10.6. The van der Waals surface area contributed by atoms with Gasteiger partial charge in [0, 0.05) is 18.7 Å². The lowest BCUT2D eigenvalue weighted by molar-refractivity contribution is 0.399. The number of nitrogens with zero attached hydrogens (tertiary/aromatic N) is 4. The highest BCUT2D eigenvalue weighted by atomic mass is 32.2. The van der Waals surface area contributed by atoms with Gasteiger partial charge in [-0.15, -0.1) is 5.11 Å². The maximum Gasteiger partial charge on any atom is 0.281 e. The van der Waals surface area contributed by atoms with Crippen LogP contribution in [-0.2, 0) is 16.6 Å². The summed E-state index contributed by atoms with van der Waals surface area (Å²) in [7, 11) is -3.58. The molecule has 154 valence electrons. The Labute approximate surface area is 169 Å². The molecule has 2 N–H and O–H groups in total. The lowest BCUT2D eigenvalue weighted by Crippen LogP contribution is -2.22. The van der Waals surface area contributed by atoms with E-state index in [0.29, 0.717) is 12.1 Å². The van der Waals surface area contributed by atoms with E-state index < -0.39 is 15.6 Å². The van der Waals surface area contributed by atoms with Crippen molar-refractivity contribution in [3.05, 3.63) is 45.7 Å². The number of pyridine rings is 1. The second-order valence-corrected chi connectivity index (χ2v) is 8.06. The summed E-state index contributed by atoms with van der Waals surface area (Å²) in [6.45, 7) is 5.68. The van der Waals surface area contributed by atoms with Crippen LogP contribution in [0.25, 0.3) is 0 Å². The molecule has 1 aromatic heterocycles. The third-order valence-electron chi connectivity index (χ3n) is 4.25. The van der Waals surface area contributed by atoms with Gasteiger partial charge in [-0.05, 0) is 37.6 Å². The Morgan fingerprint density at radius 1 is 1.21 bits per heavy atom. The number of azo groups is 1. The molecule has 0 spiro atoms. The first kappa shape index (κ1) is 22.3. The standard InChI is InChI=1S/C19H23N5O4S/c1-4-6-11-24-18(25)16(12-20)13(3)17(19(24)26)23-22-14-7-9-15(10-8-14)29(27,28)21-5-2/h7-10,21,25H,4-6,11H2,1-3H3. The van der Waals surface area contributed by atoms with Crippen molar-refractivity contribution in [2.45, 2.75) is 45.1 Å². The molecule has 0 saturated carbocycles. The number of nitriles is 1. The van der Waals surface area contributed by atoms with Crippen molar-refractivity contribution >= 4 is 21.4 Å². The second kappa shape index (κ2) is 9.45. The molecular weight excluding hydrogens is 394 g/mol. The monoisotopic (exact) mass is 417 g/mol. The number of nitrogens with one attached hydrogen (secondary N) is 1. The quantitative estimate of drug-likeness (QED) is 0.635. The minimum Gasteiger partial charge on any atom is -0.493 e. The smallest absolute Gasteiger partial charge is 0.281 e. The molecule has 0 aliphatic heterocycles. The first-order chi connectivity index (χ1) is 13.8. The van der Waals surface area contributed by atoms with Crippen molar-refractivity contribution in [1.82, 2.24) is 9.29 Å². The van der Waals surface area contributed by atoms with E-state index in [1.54, 1.807) is 6.92 Å². The summed E-state index contributed by atoms with van der Waals surface area (Å²) in [4.78, 5) is 12.8. The molecule has 0 saturated heterocycles. The van der Waals surface area contributed by atoms with Crippen molar-refractivity contribution in [3.8, 4) is 11.9 Å². The van der Waals surface area contributed by atoms with Crippen LogP contribution in [-0.4, -0.2) is 24.6 Å². The molecule has 0 unspecified atom stereocenters. The molecule has 0 bridgehead atoms. The average Bonchev–Trinajstić information content (AvgIpc) is 2.68. The van der Waals surface area contributed by atoms with Crippen molar-refractivity contribution in [2.24, 2.45) is 10.2 Å². The number of sulfonamides is 1. The van der Waals surface area contributed by atoms with Gasteiger partial charge in [-0.3, -0.25) is 9.36 Å². The van der Waals surface area contributed by atoms with Crippen molar-refractivity contribution < 1.29 is 13.5 Å². The lowest BCUT2D eigenvalue weighted by Gasteiger charge is -2.12. The van der Waals surface area contributed by atoms with Gasteiger partial charge >= 0.3 is 0 Å². The first-order valence-electron chi connectivity index (χ1n) is 9.14. The Balaban J connectivity index is 2.45. The van der Waals surface area contributed by atoms with Crippen molar-refractivity contribution in [2.75, 3.05) is 6.54 Å². The van der Waals surface area contributed by atoms with E-state index in [1.807, 2.05) is 13.0 Å². The van der Waals surface area contributed by atoms with Crippen LogP contribution in [0.1, 0.15) is 37.8 Å². The van der Waals surface area contributed by atoms with E-state index in [2.05, 4.69) is 15.0 Å². The summed E-state index contributed by atoms with van der Waals surface area (Å²) in [6.07, 6.45) is 1.46. The van der Waals surface area contributed by atoms with E-state index in [1.165, 1.54) is 31.2 Å². The molecule has 10 heteroatoms. The Morgan fingerprint density at radius 3 is 2.41 bits per heavy atom. The van der Waals surface area contributed by atoms with Crippen LogP contribution >= 0.6 is 0 Å². The molecule has 1 heterocycles. The fraction of sp³-hybridized carbons (Fsp3) is 0.368. The van der Waals surface area contributed by atoms with Gasteiger partial charge in [0.2, 0.25) is 15.9 Å². The molecule has 2 aromatic rings. The predicted octanol–water partition coefficient (Wildman–Crippen LogP) is 3.25. The van der Waals surface area contributed by atoms with E-state index >= 15 is 0 Å². The van der Waals surface area contributed by atoms with Crippen LogP contribution in [0.5, 0.6) is 5.88 Å². The highest BCUT2D eigenvalue weighted by molar-refractivity contribution is 7.89. The predicted molar refractivity (Wildman–Crippen MR) is 108 cm³/mol. The Hall–Kier alpha value is -3.03. The number of hydrogen-bond acceptors (Lipinski definition) is 7. The normalized spacial score (nSPS) is 11.7.